The molecule has 22 heavy (non-hydrogen) atoms. The van der Waals surface area contributed by atoms with E-state index in [0.717, 1.165) is 0 Å². The summed E-state index contributed by atoms with van der Waals surface area (Å²) in [5.74, 6) is -0.0663. The summed E-state index contributed by atoms with van der Waals surface area (Å²) in [6.07, 6.45) is 0.606. The number of hydrogen-bond acceptors (Lipinski definition) is 8. The van der Waals surface area contributed by atoms with Gasteiger partial charge in [-0.3, -0.25) is 14.9 Å². The van der Waals surface area contributed by atoms with Gasteiger partial charge >= 0.3 is 5.97 Å². The third-order valence-electron chi connectivity index (χ3n) is 2.32. The zero-order valence-electron chi connectivity index (χ0n) is 12.7. The number of rotatable bonds is 8. The zero-order valence-corrected chi connectivity index (χ0v) is 15.1. The highest BCUT2D eigenvalue weighted by Gasteiger charge is 2.17. The number of thioether (sulfide) groups is 1. The van der Waals surface area contributed by atoms with E-state index in [9.17, 15) is 9.59 Å². The molecule has 1 amide bonds. The van der Waals surface area contributed by atoms with Gasteiger partial charge < -0.3 is 10.5 Å². The number of esters is 1. The Kier molecular flexibility index (Phi) is 10.3. The Labute approximate surface area is 144 Å². The van der Waals surface area contributed by atoms with Crippen LogP contribution in [-0.4, -0.2) is 40.5 Å². The van der Waals surface area contributed by atoms with Gasteiger partial charge in [-0.05, 0) is 19.3 Å². The molecule has 0 saturated heterocycles. The van der Waals surface area contributed by atoms with Crippen LogP contribution in [0.2, 0.25) is 0 Å². The second-order valence-corrected chi connectivity index (χ2v) is 6.89. The first kappa shape index (κ1) is 21.1. The summed E-state index contributed by atoms with van der Waals surface area (Å²) in [5, 5.41) is 10.8. The Morgan fingerprint density at radius 2 is 2.09 bits per heavy atom. The minimum Gasteiger partial charge on any atom is -0.465 e. The monoisotopic (exact) mass is 368 g/mol. The smallest absolute Gasteiger partial charge is 0.316 e. The van der Waals surface area contributed by atoms with Crippen LogP contribution >= 0.6 is 35.5 Å². The van der Waals surface area contributed by atoms with Crippen molar-refractivity contribution in [1.29, 1.82) is 0 Å². The number of anilines is 1. The molecule has 0 radical (unpaired) electrons. The average Bonchev–Trinajstić information content (AvgIpc) is 2.83. The molecule has 1 atom stereocenters. The number of halogens is 1. The highest BCUT2D eigenvalue weighted by Crippen LogP contribution is 2.25. The molecule has 0 bridgehead atoms. The van der Waals surface area contributed by atoms with Crippen LogP contribution in [0.3, 0.4) is 0 Å². The lowest BCUT2D eigenvalue weighted by molar-refractivity contribution is -0.139. The highest BCUT2D eigenvalue weighted by atomic mass is 35.5. The second-order valence-electron chi connectivity index (χ2n) is 4.69. The lowest BCUT2D eigenvalue weighted by Gasteiger charge is -2.12. The highest BCUT2D eigenvalue weighted by molar-refractivity contribution is 8.01. The number of nitrogens with two attached hydrogens (primary N) is 1. The van der Waals surface area contributed by atoms with E-state index in [0.29, 0.717) is 28.4 Å². The maximum atomic E-state index is 11.8. The van der Waals surface area contributed by atoms with Crippen LogP contribution in [0.1, 0.15) is 27.2 Å². The summed E-state index contributed by atoms with van der Waals surface area (Å²) >= 11 is 2.43. The SMILES string of the molecule is CCOC(=O)CSc1nnc(NC(=O)[C@@H](N)CC(C)C)s1.Cl. The fourth-order valence-corrected chi connectivity index (χ4v) is 3.01. The topological polar surface area (TPSA) is 107 Å². The summed E-state index contributed by atoms with van der Waals surface area (Å²) in [7, 11) is 0. The number of carbonyl (C=O) groups is 2. The van der Waals surface area contributed by atoms with E-state index in [4.69, 9.17) is 10.5 Å². The van der Waals surface area contributed by atoms with Gasteiger partial charge in [0.15, 0.2) is 4.34 Å². The summed E-state index contributed by atoms with van der Waals surface area (Å²) < 4.78 is 5.41. The van der Waals surface area contributed by atoms with Gasteiger partial charge in [0, 0.05) is 0 Å². The van der Waals surface area contributed by atoms with Gasteiger partial charge in [-0.15, -0.1) is 22.6 Å². The summed E-state index contributed by atoms with van der Waals surface area (Å²) in [5.41, 5.74) is 5.78. The van der Waals surface area contributed by atoms with Crippen molar-refractivity contribution in [2.45, 2.75) is 37.6 Å². The number of nitrogens with one attached hydrogen (secondary N) is 1. The van der Waals surface area contributed by atoms with Crippen LogP contribution in [0.5, 0.6) is 0 Å². The number of aromatic nitrogens is 2. The maximum Gasteiger partial charge on any atom is 0.316 e. The fraction of sp³-hybridized carbons (Fsp3) is 0.667. The molecule has 126 valence electrons. The lowest BCUT2D eigenvalue weighted by Crippen LogP contribution is -2.36. The largest absolute Gasteiger partial charge is 0.465 e. The summed E-state index contributed by atoms with van der Waals surface area (Å²) in [4.78, 5) is 23.1. The van der Waals surface area contributed by atoms with Crippen molar-refractivity contribution >= 4 is 52.5 Å². The minimum atomic E-state index is -0.565. The molecule has 3 N–H and O–H groups in total. The molecule has 1 aromatic heterocycles. The van der Waals surface area contributed by atoms with E-state index < -0.39 is 6.04 Å². The van der Waals surface area contributed by atoms with Crippen LogP contribution in [0, 0.1) is 5.92 Å². The first-order valence-corrected chi connectivity index (χ1v) is 8.41. The van der Waals surface area contributed by atoms with Crippen molar-refractivity contribution in [2.75, 3.05) is 17.7 Å². The van der Waals surface area contributed by atoms with Crippen LogP contribution < -0.4 is 11.1 Å². The van der Waals surface area contributed by atoms with Gasteiger partial charge in [0.05, 0.1) is 18.4 Å². The van der Waals surface area contributed by atoms with Crippen LogP contribution in [0.15, 0.2) is 4.34 Å². The predicted molar refractivity (Wildman–Crippen MR) is 90.6 cm³/mol. The second kappa shape index (κ2) is 10.8. The van der Waals surface area contributed by atoms with E-state index in [-0.39, 0.29) is 30.0 Å². The van der Waals surface area contributed by atoms with Crippen molar-refractivity contribution in [3.63, 3.8) is 0 Å². The third kappa shape index (κ3) is 7.92. The van der Waals surface area contributed by atoms with Crippen molar-refractivity contribution in [2.24, 2.45) is 11.7 Å². The van der Waals surface area contributed by atoms with Gasteiger partial charge in [0.1, 0.15) is 0 Å². The molecule has 0 aliphatic carbocycles. The molecule has 0 aliphatic heterocycles. The van der Waals surface area contributed by atoms with Crippen molar-refractivity contribution in [3.8, 4) is 0 Å². The van der Waals surface area contributed by atoms with Crippen LogP contribution in [-0.2, 0) is 14.3 Å². The molecule has 10 heteroatoms. The Morgan fingerprint density at radius 1 is 1.41 bits per heavy atom. The molecule has 1 rings (SSSR count). The van der Waals surface area contributed by atoms with E-state index in [1.165, 1.54) is 23.1 Å². The minimum absolute atomic E-state index is 0. The number of amides is 1. The summed E-state index contributed by atoms with van der Waals surface area (Å²) in [6, 6.07) is -0.565. The Balaban J connectivity index is 0.00000441. The number of ether oxygens (including phenoxy) is 1. The molecule has 0 aromatic carbocycles. The molecular formula is C12H21ClN4O3S2. The normalized spacial score (nSPS) is 11.7. The first-order chi connectivity index (χ1) is 9.92. The third-order valence-corrected chi connectivity index (χ3v) is 4.26. The number of carbonyl (C=O) groups excluding carboxylic acids is 2. The molecule has 0 unspecified atom stereocenters. The quantitative estimate of drug-likeness (QED) is 0.410. The summed E-state index contributed by atoms with van der Waals surface area (Å²) in [6.45, 7) is 6.11. The Hall–Kier alpha value is -0.900. The van der Waals surface area contributed by atoms with Crippen LogP contribution in [0.25, 0.3) is 0 Å². The Bertz CT molecular complexity index is 485. The molecule has 1 heterocycles. The molecule has 1 aromatic rings. The molecule has 0 aliphatic rings. The van der Waals surface area contributed by atoms with E-state index in [2.05, 4.69) is 15.5 Å². The van der Waals surface area contributed by atoms with Gasteiger partial charge in [-0.25, -0.2) is 0 Å². The number of hydrogen-bond donors (Lipinski definition) is 2. The van der Waals surface area contributed by atoms with Crippen molar-refractivity contribution in [3.05, 3.63) is 0 Å². The molecule has 0 fully saturated rings. The first-order valence-electron chi connectivity index (χ1n) is 6.60. The molecule has 0 saturated carbocycles. The molecule has 0 spiro atoms. The van der Waals surface area contributed by atoms with Crippen molar-refractivity contribution in [1.82, 2.24) is 10.2 Å². The Morgan fingerprint density at radius 3 is 2.68 bits per heavy atom. The van der Waals surface area contributed by atoms with Gasteiger partial charge in [0.2, 0.25) is 11.0 Å². The van der Waals surface area contributed by atoms with Crippen molar-refractivity contribution < 1.29 is 14.3 Å². The average molecular weight is 369 g/mol. The molecule has 7 nitrogen and oxygen atoms in total. The zero-order chi connectivity index (χ0) is 15.8. The van der Waals surface area contributed by atoms with Gasteiger partial charge in [-0.2, -0.15) is 0 Å². The fourth-order valence-electron chi connectivity index (χ4n) is 1.45. The van der Waals surface area contributed by atoms with E-state index >= 15 is 0 Å². The molecular weight excluding hydrogens is 348 g/mol. The maximum absolute atomic E-state index is 11.8. The van der Waals surface area contributed by atoms with Gasteiger partial charge in [-0.1, -0.05) is 36.9 Å². The van der Waals surface area contributed by atoms with E-state index in [1.54, 1.807) is 6.92 Å². The standard InChI is InChI=1S/C12H20N4O3S2.ClH/c1-4-19-9(17)6-20-12-16-15-11(21-12)14-10(18)8(13)5-7(2)3;/h7-8H,4-6,13H2,1-3H3,(H,14,15,18);1H/t8-;/m0./s1. The van der Waals surface area contributed by atoms with E-state index in [1.807, 2.05) is 13.8 Å². The van der Waals surface area contributed by atoms with Crippen LogP contribution in [0.4, 0.5) is 5.13 Å². The van der Waals surface area contributed by atoms with Gasteiger partial charge in [0.25, 0.3) is 0 Å². The lowest BCUT2D eigenvalue weighted by atomic mass is 10.0. The number of nitrogens with zero attached hydrogens (tertiary/aromatic N) is 2. The predicted octanol–water partition coefficient (Wildman–Crippen LogP) is 1.93.